The van der Waals surface area contributed by atoms with Crippen molar-refractivity contribution in [1.29, 1.82) is 0 Å². The SMILES string of the molecule is Cc1cccc(C(C(=O)NCc2ccccc2)N(C(=O)CNC(=O)OC(C)(C)C)C(C)C)c1O. The summed E-state index contributed by atoms with van der Waals surface area (Å²) < 4.78 is 5.20. The summed E-state index contributed by atoms with van der Waals surface area (Å²) in [4.78, 5) is 40.1. The van der Waals surface area contributed by atoms with E-state index in [-0.39, 0.29) is 18.8 Å². The van der Waals surface area contributed by atoms with Crippen LogP contribution in [0.4, 0.5) is 4.79 Å². The first-order chi connectivity index (χ1) is 15.9. The van der Waals surface area contributed by atoms with Gasteiger partial charge in [0.1, 0.15) is 23.9 Å². The first-order valence-corrected chi connectivity index (χ1v) is 11.3. The van der Waals surface area contributed by atoms with Gasteiger partial charge in [-0.3, -0.25) is 9.59 Å². The summed E-state index contributed by atoms with van der Waals surface area (Å²) in [6.45, 7) is 10.4. The van der Waals surface area contributed by atoms with Crippen LogP contribution in [0.5, 0.6) is 5.75 Å². The lowest BCUT2D eigenvalue weighted by molar-refractivity contribution is -0.142. The summed E-state index contributed by atoms with van der Waals surface area (Å²) in [6.07, 6.45) is -0.729. The molecule has 1 atom stereocenters. The molecule has 2 aromatic carbocycles. The molecule has 3 amide bonds. The van der Waals surface area contributed by atoms with Gasteiger partial charge >= 0.3 is 6.09 Å². The molecule has 0 saturated carbocycles. The largest absolute Gasteiger partial charge is 0.507 e. The van der Waals surface area contributed by atoms with Gasteiger partial charge in [-0.1, -0.05) is 48.5 Å². The number of hydrogen-bond donors (Lipinski definition) is 3. The quantitative estimate of drug-likeness (QED) is 0.545. The summed E-state index contributed by atoms with van der Waals surface area (Å²) in [5.74, 6) is -0.980. The minimum atomic E-state index is -1.10. The highest BCUT2D eigenvalue weighted by Crippen LogP contribution is 2.33. The van der Waals surface area contributed by atoms with E-state index in [9.17, 15) is 19.5 Å². The Morgan fingerprint density at radius 3 is 2.24 bits per heavy atom. The Labute approximate surface area is 201 Å². The molecular formula is C26H35N3O5. The van der Waals surface area contributed by atoms with Gasteiger partial charge in [-0.2, -0.15) is 0 Å². The van der Waals surface area contributed by atoms with Crippen LogP contribution in [0.15, 0.2) is 48.5 Å². The molecule has 0 heterocycles. The van der Waals surface area contributed by atoms with E-state index in [0.29, 0.717) is 11.1 Å². The molecule has 8 nitrogen and oxygen atoms in total. The zero-order valence-electron chi connectivity index (χ0n) is 20.7. The second-order valence-corrected chi connectivity index (χ2v) is 9.37. The van der Waals surface area contributed by atoms with Crippen molar-refractivity contribution < 1.29 is 24.2 Å². The molecule has 0 aliphatic carbocycles. The number of carbonyl (C=O) groups is 3. The van der Waals surface area contributed by atoms with Crippen molar-refractivity contribution in [3.05, 3.63) is 65.2 Å². The van der Waals surface area contributed by atoms with Gasteiger partial charge in [0.15, 0.2) is 0 Å². The molecule has 2 rings (SSSR count). The molecule has 184 valence electrons. The predicted octanol–water partition coefficient (Wildman–Crippen LogP) is 3.82. The Kier molecular flexibility index (Phi) is 9.06. The molecule has 0 fully saturated rings. The van der Waals surface area contributed by atoms with Crippen molar-refractivity contribution in [2.24, 2.45) is 0 Å². The van der Waals surface area contributed by atoms with Gasteiger partial charge in [0.25, 0.3) is 0 Å². The summed E-state index contributed by atoms with van der Waals surface area (Å²) >= 11 is 0. The number of nitrogens with one attached hydrogen (secondary N) is 2. The molecule has 0 bridgehead atoms. The van der Waals surface area contributed by atoms with Crippen molar-refractivity contribution in [3.8, 4) is 5.75 Å². The normalized spacial score (nSPS) is 12.1. The molecule has 3 N–H and O–H groups in total. The molecule has 1 unspecified atom stereocenters. The summed E-state index contributed by atoms with van der Waals surface area (Å²) in [7, 11) is 0. The second kappa shape index (κ2) is 11.5. The number of alkyl carbamates (subject to hydrolysis) is 1. The van der Waals surface area contributed by atoms with Crippen LogP contribution in [0.1, 0.15) is 57.4 Å². The van der Waals surface area contributed by atoms with Gasteiger partial charge in [0, 0.05) is 18.2 Å². The maximum absolute atomic E-state index is 13.4. The van der Waals surface area contributed by atoms with Crippen molar-refractivity contribution in [1.82, 2.24) is 15.5 Å². The number of aryl methyl sites for hydroxylation is 1. The first-order valence-electron chi connectivity index (χ1n) is 11.3. The lowest BCUT2D eigenvalue weighted by Gasteiger charge is -2.35. The molecule has 0 aliphatic heterocycles. The third kappa shape index (κ3) is 7.50. The van der Waals surface area contributed by atoms with Gasteiger partial charge in [-0.25, -0.2) is 4.79 Å². The van der Waals surface area contributed by atoms with Crippen molar-refractivity contribution >= 4 is 17.9 Å². The Morgan fingerprint density at radius 1 is 1.00 bits per heavy atom. The third-order valence-corrected chi connectivity index (χ3v) is 5.03. The van der Waals surface area contributed by atoms with E-state index >= 15 is 0 Å². The highest BCUT2D eigenvalue weighted by molar-refractivity contribution is 5.91. The highest BCUT2D eigenvalue weighted by Gasteiger charge is 2.35. The van der Waals surface area contributed by atoms with Crippen LogP contribution in [-0.4, -0.2) is 46.1 Å². The summed E-state index contributed by atoms with van der Waals surface area (Å²) in [6, 6.07) is 13.0. The molecule has 0 radical (unpaired) electrons. The van der Waals surface area contributed by atoms with Crippen molar-refractivity contribution in [3.63, 3.8) is 0 Å². The van der Waals surface area contributed by atoms with Gasteiger partial charge in [-0.15, -0.1) is 0 Å². The monoisotopic (exact) mass is 469 g/mol. The third-order valence-electron chi connectivity index (χ3n) is 5.03. The summed E-state index contributed by atoms with van der Waals surface area (Å²) in [5, 5.41) is 16.1. The molecular weight excluding hydrogens is 434 g/mol. The standard InChI is InChI=1S/C26H35N3O5/c1-17(2)29(21(30)16-28-25(33)34-26(4,5)6)22(20-14-10-11-18(3)23(20)31)24(32)27-15-19-12-8-7-9-13-19/h7-14,17,22,31H,15-16H2,1-6H3,(H,27,32)(H,28,33). The van der Waals surface area contributed by atoms with Crippen LogP contribution in [-0.2, 0) is 20.9 Å². The smallest absolute Gasteiger partial charge is 0.408 e. The van der Waals surface area contributed by atoms with Crippen LogP contribution in [0.25, 0.3) is 0 Å². The van der Waals surface area contributed by atoms with Crippen LogP contribution >= 0.6 is 0 Å². The van der Waals surface area contributed by atoms with E-state index < -0.39 is 35.6 Å². The van der Waals surface area contributed by atoms with E-state index in [4.69, 9.17) is 4.74 Å². The predicted molar refractivity (Wildman–Crippen MR) is 130 cm³/mol. The number of rotatable bonds is 8. The van der Waals surface area contributed by atoms with Gasteiger partial charge < -0.3 is 25.4 Å². The fraction of sp³-hybridized carbons (Fsp3) is 0.423. The van der Waals surface area contributed by atoms with E-state index in [0.717, 1.165) is 5.56 Å². The van der Waals surface area contributed by atoms with Crippen LogP contribution < -0.4 is 10.6 Å². The molecule has 0 saturated heterocycles. The number of hydrogen-bond acceptors (Lipinski definition) is 5. The van der Waals surface area contributed by atoms with Crippen LogP contribution in [0, 0.1) is 6.92 Å². The second-order valence-electron chi connectivity index (χ2n) is 9.37. The summed E-state index contributed by atoms with van der Waals surface area (Å²) in [5.41, 5.74) is 1.08. The number of ether oxygens (including phenoxy) is 1. The fourth-order valence-corrected chi connectivity index (χ4v) is 3.48. The number of nitrogens with zero attached hydrogens (tertiary/aromatic N) is 1. The first kappa shape index (κ1) is 26.7. The Balaban J connectivity index is 2.33. The number of phenols is 1. The maximum Gasteiger partial charge on any atom is 0.408 e. The number of amides is 3. The van der Waals surface area contributed by atoms with E-state index in [1.807, 2.05) is 30.3 Å². The molecule has 8 heteroatoms. The van der Waals surface area contributed by atoms with Gasteiger partial charge in [0.2, 0.25) is 11.8 Å². The molecule has 0 aromatic heterocycles. The topological polar surface area (TPSA) is 108 Å². The Bertz CT molecular complexity index is 999. The number of para-hydroxylation sites is 1. The Morgan fingerprint density at radius 2 is 1.65 bits per heavy atom. The molecule has 2 aromatic rings. The number of aromatic hydroxyl groups is 1. The van der Waals surface area contributed by atoms with Crippen molar-refractivity contribution in [2.75, 3.05) is 6.54 Å². The van der Waals surface area contributed by atoms with Gasteiger partial charge in [0.05, 0.1) is 0 Å². The zero-order chi connectivity index (χ0) is 25.5. The number of phenolic OH excluding ortho intramolecular Hbond substituents is 1. The van der Waals surface area contributed by atoms with Gasteiger partial charge in [-0.05, 0) is 52.7 Å². The van der Waals surface area contributed by atoms with E-state index in [1.54, 1.807) is 59.7 Å². The van der Waals surface area contributed by atoms with Crippen molar-refractivity contribution in [2.45, 2.75) is 65.8 Å². The molecule has 34 heavy (non-hydrogen) atoms. The average Bonchev–Trinajstić information content (AvgIpc) is 2.75. The van der Waals surface area contributed by atoms with Crippen LogP contribution in [0.3, 0.4) is 0 Å². The fourth-order valence-electron chi connectivity index (χ4n) is 3.48. The zero-order valence-corrected chi connectivity index (χ0v) is 20.7. The van der Waals surface area contributed by atoms with Crippen LogP contribution in [0.2, 0.25) is 0 Å². The minimum absolute atomic E-state index is 0.0547. The van der Waals surface area contributed by atoms with E-state index in [1.165, 1.54) is 4.90 Å². The molecule has 0 spiro atoms. The average molecular weight is 470 g/mol. The number of benzene rings is 2. The Hall–Kier alpha value is -3.55. The lowest BCUT2D eigenvalue weighted by Crippen LogP contribution is -2.50. The highest BCUT2D eigenvalue weighted by atomic mass is 16.6. The number of carbonyl (C=O) groups excluding carboxylic acids is 3. The minimum Gasteiger partial charge on any atom is -0.507 e. The maximum atomic E-state index is 13.4. The lowest BCUT2D eigenvalue weighted by atomic mass is 9.98. The van der Waals surface area contributed by atoms with E-state index in [2.05, 4.69) is 10.6 Å². The molecule has 0 aliphatic rings.